The molecule has 0 spiro atoms. The smallest absolute Gasteiger partial charge is 0.319 e. The molecule has 9 heteroatoms. The van der Waals surface area contributed by atoms with Gasteiger partial charge in [0.2, 0.25) is 5.95 Å². The van der Waals surface area contributed by atoms with Gasteiger partial charge in [-0.05, 0) is 0 Å². The van der Waals surface area contributed by atoms with Gasteiger partial charge in [-0.25, -0.2) is 9.97 Å². The van der Waals surface area contributed by atoms with E-state index in [2.05, 4.69) is 20.3 Å². The zero-order chi connectivity index (χ0) is 13.1. The van der Waals surface area contributed by atoms with E-state index < -0.39 is 6.55 Å². The molecule has 0 unspecified atom stereocenters. The van der Waals surface area contributed by atoms with Crippen molar-refractivity contribution in [2.24, 2.45) is 0 Å². The van der Waals surface area contributed by atoms with Gasteiger partial charge in [-0.1, -0.05) is 11.6 Å². The van der Waals surface area contributed by atoms with Crippen molar-refractivity contribution in [1.29, 1.82) is 0 Å². The van der Waals surface area contributed by atoms with Gasteiger partial charge in [-0.15, -0.1) is 0 Å². The molecule has 0 amide bonds. The molecule has 96 valence electrons. The number of anilines is 2. The van der Waals surface area contributed by atoms with Crippen molar-refractivity contribution in [2.75, 3.05) is 11.1 Å². The van der Waals surface area contributed by atoms with Gasteiger partial charge in [-0.3, -0.25) is 4.57 Å². The predicted octanol–water partition coefficient (Wildman–Crippen LogP) is 1.92. The molecule has 0 aromatic carbocycles. The van der Waals surface area contributed by atoms with Crippen molar-refractivity contribution >= 4 is 23.4 Å². The maximum atomic E-state index is 12.5. The van der Waals surface area contributed by atoms with Gasteiger partial charge in [0.25, 0.3) is 0 Å². The first-order valence-corrected chi connectivity index (χ1v) is 5.28. The third-order valence-corrected chi connectivity index (χ3v) is 2.29. The molecule has 6 nitrogen and oxygen atoms in total. The predicted molar refractivity (Wildman–Crippen MR) is 62.3 cm³/mol. The molecular weight excluding hydrogens is 266 g/mol. The minimum absolute atomic E-state index is 0.00204. The quantitative estimate of drug-likeness (QED) is 0.833. The van der Waals surface area contributed by atoms with E-state index in [9.17, 15) is 8.78 Å². The molecular formula is C9H9ClF2N6. The standard InChI is InChI=1S/C9H9ClF2N6/c10-5-3-6(17-9(13)16-5)15-4-7-14-1-2-18(7)8(11)12/h1-3,8H,4H2,(H3,13,15,16,17). The monoisotopic (exact) mass is 274 g/mol. The van der Waals surface area contributed by atoms with Crippen LogP contribution in [0, 0.1) is 0 Å². The lowest BCUT2D eigenvalue weighted by Crippen LogP contribution is -2.10. The van der Waals surface area contributed by atoms with E-state index in [0.717, 1.165) is 4.57 Å². The maximum absolute atomic E-state index is 12.5. The topological polar surface area (TPSA) is 81.6 Å². The molecule has 0 bridgehead atoms. The molecule has 0 aliphatic rings. The maximum Gasteiger partial charge on any atom is 0.319 e. The number of rotatable bonds is 4. The summed E-state index contributed by atoms with van der Waals surface area (Å²) in [5, 5.41) is 2.96. The van der Waals surface area contributed by atoms with E-state index >= 15 is 0 Å². The number of nitrogens with one attached hydrogen (secondary N) is 1. The number of hydrogen-bond acceptors (Lipinski definition) is 5. The summed E-state index contributed by atoms with van der Waals surface area (Å²) in [6.45, 7) is -2.56. The van der Waals surface area contributed by atoms with Crippen LogP contribution in [0.5, 0.6) is 0 Å². The molecule has 2 heterocycles. The van der Waals surface area contributed by atoms with E-state index in [4.69, 9.17) is 17.3 Å². The summed E-state index contributed by atoms with van der Waals surface area (Å²) in [6, 6.07) is 1.44. The number of imidazole rings is 1. The third kappa shape index (κ3) is 2.83. The first-order chi connectivity index (χ1) is 8.56. The van der Waals surface area contributed by atoms with Crippen molar-refractivity contribution in [1.82, 2.24) is 19.5 Å². The van der Waals surface area contributed by atoms with Crippen LogP contribution in [0.15, 0.2) is 18.5 Å². The van der Waals surface area contributed by atoms with E-state index in [0.29, 0.717) is 5.82 Å². The Kier molecular flexibility index (Phi) is 3.56. The molecule has 18 heavy (non-hydrogen) atoms. The summed E-state index contributed by atoms with van der Waals surface area (Å²) >= 11 is 5.68. The summed E-state index contributed by atoms with van der Waals surface area (Å²) in [6.07, 6.45) is 2.49. The van der Waals surface area contributed by atoms with E-state index in [1.165, 1.54) is 18.5 Å². The van der Waals surface area contributed by atoms with E-state index in [1.54, 1.807) is 0 Å². The molecule has 0 aliphatic heterocycles. The average Bonchev–Trinajstić information content (AvgIpc) is 2.73. The van der Waals surface area contributed by atoms with Gasteiger partial charge in [0.05, 0.1) is 6.54 Å². The summed E-state index contributed by atoms with van der Waals surface area (Å²) < 4.78 is 25.8. The Morgan fingerprint density at radius 3 is 2.89 bits per heavy atom. The minimum Gasteiger partial charge on any atom is -0.368 e. The van der Waals surface area contributed by atoms with Crippen LogP contribution >= 0.6 is 11.6 Å². The Labute approximate surface area is 106 Å². The van der Waals surface area contributed by atoms with E-state index in [-0.39, 0.29) is 23.5 Å². The lowest BCUT2D eigenvalue weighted by Gasteiger charge is -2.08. The lowest BCUT2D eigenvalue weighted by atomic mass is 10.5. The molecule has 2 rings (SSSR count). The van der Waals surface area contributed by atoms with Crippen LogP contribution in [0.1, 0.15) is 12.4 Å². The molecule has 0 saturated heterocycles. The lowest BCUT2D eigenvalue weighted by molar-refractivity contribution is 0.0673. The van der Waals surface area contributed by atoms with Crippen LogP contribution in [0.4, 0.5) is 20.5 Å². The Morgan fingerprint density at radius 2 is 2.22 bits per heavy atom. The fourth-order valence-electron chi connectivity index (χ4n) is 1.35. The highest BCUT2D eigenvalue weighted by Gasteiger charge is 2.11. The van der Waals surface area contributed by atoms with Gasteiger partial charge in [0.15, 0.2) is 0 Å². The number of hydrogen-bond donors (Lipinski definition) is 2. The molecule has 0 radical (unpaired) electrons. The molecule has 0 fully saturated rings. The molecule has 2 aromatic rings. The van der Waals surface area contributed by atoms with Gasteiger partial charge in [-0.2, -0.15) is 13.8 Å². The zero-order valence-electron chi connectivity index (χ0n) is 9.02. The number of nitrogens with two attached hydrogens (primary N) is 1. The Morgan fingerprint density at radius 1 is 1.44 bits per heavy atom. The second-order valence-corrected chi connectivity index (χ2v) is 3.70. The number of nitrogen functional groups attached to an aromatic ring is 1. The summed E-state index contributed by atoms with van der Waals surface area (Å²) in [5.74, 6) is 0.525. The Balaban J connectivity index is 2.09. The third-order valence-electron chi connectivity index (χ3n) is 2.10. The Hall–Kier alpha value is -1.96. The van der Waals surface area contributed by atoms with Gasteiger partial charge >= 0.3 is 6.55 Å². The molecule has 0 atom stereocenters. The number of nitrogens with zero attached hydrogens (tertiary/aromatic N) is 4. The Bertz CT molecular complexity index is 523. The first-order valence-electron chi connectivity index (χ1n) is 4.90. The minimum atomic E-state index is -2.64. The summed E-state index contributed by atoms with van der Waals surface area (Å²) in [4.78, 5) is 11.3. The van der Waals surface area contributed by atoms with Crippen molar-refractivity contribution < 1.29 is 8.78 Å². The number of aromatic nitrogens is 4. The largest absolute Gasteiger partial charge is 0.368 e. The van der Waals surface area contributed by atoms with Gasteiger partial charge in [0, 0.05) is 18.5 Å². The average molecular weight is 275 g/mol. The molecule has 0 aliphatic carbocycles. The summed E-state index contributed by atoms with van der Waals surface area (Å²) in [7, 11) is 0. The number of halogens is 3. The highest BCUT2D eigenvalue weighted by Crippen LogP contribution is 2.15. The SMILES string of the molecule is Nc1nc(Cl)cc(NCc2nccn2C(F)F)n1. The molecule has 3 N–H and O–H groups in total. The van der Waals surface area contributed by atoms with Crippen molar-refractivity contribution in [3.63, 3.8) is 0 Å². The number of alkyl halides is 2. The second kappa shape index (κ2) is 5.13. The van der Waals surface area contributed by atoms with Gasteiger partial charge < -0.3 is 11.1 Å². The fourth-order valence-corrected chi connectivity index (χ4v) is 1.54. The van der Waals surface area contributed by atoms with Crippen LogP contribution in [0.2, 0.25) is 5.15 Å². The van der Waals surface area contributed by atoms with Crippen LogP contribution < -0.4 is 11.1 Å². The van der Waals surface area contributed by atoms with Crippen LogP contribution in [-0.2, 0) is 6.54 Å². The van der Waals surface area contributed by atoms with Gasteiger partial charge in [0.1, 0.15) is 16.8 Å². The fraction of sp³-hybridized carbons (Fsp3) is 0.222. The zero-order valence-corrected chi connectivity index (χ0v) is 9.77. The van der Waals surface area contributed by atoms with Crippen LogP contribution in [-0.4, -0.2) is 19.5 Å². The second-order valence-electron chi connectivity index (χ2n) is 3.32. The molecule has 0 saturated carbocycles. The van der Waals surface area contributed by atoms with E-state index in [1.807, 2.05) is 0 Å². The van der Waals surface area contributed by atoms with Crippen molar-refractivity contribution in [2.45, 2.75) is 13.1 Å². The molecule has 2 aromatic heterocycles. The first kappa shape index (κ1) is 12.5. The van der Waals surface area contributed by atoms with Crippen molar-refractivity contribution in [3.8, 4) is 0 Å². The highest BCUT2D eigenvalue weighted by atomic mass is 35.5. The normalized spacial score (nSPS) is 10.9. The van der Waals surface area contributed by atoms with Crippen LogP contribution in [0.3, 0.4) is 0 Å². The highest BCUT2D eigenvalue weighted by molar-refractivity contribution is 6.29. The summed E-state index contributed by atoms with van der Waals surface area (Å²) in [5.41, 5.74) is 5.40. The van der Waals surface area contributed by atoms with Crippen molar-refractivity contribution in [3.05, 3.63) is 29.4 Å². The van der Waals surface area contributed by atoms with Crippen LogP contribution in [0.25, 0.3) is 0 Å².